The highest BCUT2D eigenvalue weighted by Gasteiger charge is 2.00. The molecule has 0 aliphatic heterocycles. The Morgan fingerprint density at radius 1 is 1.22 bits per heavy atom. The van der Waals surface area contributed by atoms with Gasteiger partial charge in [-0.05, 0) is 25.2 Å². The van der Waals surface area contributed by atoms with Crippen molar-refractivity contribution in [2.75, 3.05) is 0 Å². The molecule has 0 nitrogen and oxygen atoms in total. The number of thiol groups is 1. The van der Waals surface area contributed by atoms with Crippen LogP contribution >= 0.6 is 12.6 Å². The molecular formula is C8H18S. The lowest BCUT2D eigenvalue weighted by atomic mass is 10.1. The molecule has 0 aromatic heterocycles. The Morgan fingerprint density at radius 2 is 1.78 bits per heavy atom. The number of rotatable bonds is 4. The van der Waals surface area contributed by atoms with Crippen LogP contribution < -0.4 is 0 Å². The summed E-state index contributed by atoms with van der Waals surface area (Å²) in [5.74, 6) is 0.839. The van der Waals surface area contributed by atoms with Gasteiger partial charge in [-0.2, -0.15) is 12.6 Å². The van der Waals surface area contributed by atoms with Crippen molar-refractivity contribution in [2.45, 2.75) is 45.3 Å². The average Bonchev–Trinajstić information content (AvgIpc) is 1.83. The summed E-state index contributed by atoms with van der Waals surface area (Å²) in [7, 11) is 0. The molecule has 1 unspecified atom stereocenters. The molecule has 1 atom stereocenters. The smallest absolute Gasteiger partial charge is 0.00142 e. The van der Waals surface area contributed by atoms with Crippen molar-refractivity contribution in [1.29, 1.82) is 0 Å². The van der Waals surface area contributed by atoms with Crippen molar-refractivity contribution in [3.05, 3.63) is 0 Å². The van der Waals surface area contributed by atoms with Crippen LogP contribution in [0.25, 0.3) is 0 Å². The van der Waals surface area contributed by atoms with E-state index in [2.05, 4.69) is 33.4 Å². The van der Waals surface area contributed by atoms with Gasteiger partial charge in [0.2, 0.25) is 0 Å². The van der Waals surface area contributed by atoms with Gasteiger partial charge in [-0.3, -0.25) is 0 Å². The van der Waals surface area contributed by atoms with E-state index in [1.807, 2.05) is 0 Å². The molecule has 0 N–H and O–H groups in total. The van der Waals surface area contributed by atoms with Gasteiger partial charge < -0.3 is 0 Å². The van der Waals surface area contributed by atoms with Crippen LogP contribution in [0, 0.1) is 5.92 Å². The first-order valence-corrected chi connectivity index (χ1v) is 4.36. The molecule has 0 spiro atoms. The molecule has 56 valence electrons. The quantitative estimate of drug-likeness (QED) is 0.579. The van der Waals surface area contributed by atoms with Gasteiger partial charge in [-0.15, -0.1) is 0 Å². The lowest BCUT2D eigenvalue weighted by molar-refractivity contribution is 0.542. The van der Waals surface area contributed by atoms with Crippen molar-refractivity contribution < 1.29 is 0 Å². The summed E-state index contributed by atoms with van der Waals surface area (Å²) in [6, 6.07) is 0. The molecule has 0 saturated heterocycles. The van der Waals surface area contributed by atoms with Crippen molar-refractivity contribution in [2.24, 2.45) is 5.92 Å². The predicted octanol–water partition coefficient (Wildman–Crippen LogP) is 3.13. The van der Waals surface area contributed by atoms with Crippen LogP contribution in [0.5, 0.6) is 0 Å². The van der Waals surface area contributed by atoms with Gasteiger partial charge in [-0.25, -0.2) is 0 Å². The summed E-state index contributed by atoms with van der Waals surface area (Å²) in [6.45, 7) is 6.71. The Morgan fingerprint density at radius 3 is 2.11 bits per heavy atom. The van der Waals surface area contributed by atoms with Crippen molar-refractivity contribution >= 4 is 12.6 Å². The maximum atomic E-state index is 4.40. The Hall–Kier alpha value is 0.350. The number of hydrogen-bond acceptors (Lipinski definition) is 1. The largest absolute Gasteiger partial charge is 0.176 e. The second kappa shape index (κ2) is 5.16. The summed E-state index contributed by atoms with van der Waals surface area (Å²) in [5.41, 5.74) is 0. The molecule has 0 radical (unpaired) electrons. The van der Waals surface area contributed by atoms with E-state index in [1.165, 1.54) is 19.3 Å². The van der Waals surface area contributed by atoms with Gasteiger partial charge in [0.15, 0.2) is 0 Å². The fourth-order valence-electron chi connectivity index (χ4n) is 0.730. The third-order valence-electron chi connectivity index (χ3n) is 1.55. The van der Waals surface area contributed by atoms with Crippen LogP contribution in [0.1, 0.15) is 40.0 Å². The highest BCUT2D eigenvalue weighted by Crippen LogP contribution is 2.12. The van der Waals surface area contributed by atoms with Crippen LogP contribution in [-0.4, -0.2) is 5.25 Å². The number of hydrogen-bond donors (Lipinski definition) is 1. The van der Waals surface area contributed by atoms with E-state index in [4.69, 9.17) is 0 Å². The molecule has 0 bridgehead atoms. The first kappa shape index (κ1) is 9.35. The lowest BCUT2D eigenvalue weighted by Crippen LogP contribution is -1.98. The zero-order chi connectivity index (χ0) is 7.28. The second-order valence-corrected chi connectivity index (χ2v) is 3.76. The fourth-order valence-corrected chi connectivity index (χ4v) is 0.879. The molecule has 1 heteroatoms. The predicted molar refractivity (Wildman–Crippen MR) is 47.1 cm³/mol. The molecule has 0 aliphatic carbocycles. The van der Waals surface area contributed by atoms with Gasteiger partial charge in [0.05, 0.1) is 0 Å². The van der Waals surface area contributed by atoms with Crippen LogP contribution in [0.4, 0.5) is 0 Å². The van der Waals surface area contributed by atoms with E-state index < -0.39 is 0 Å². The standard InChI is InChI=1S/C8H18S/c1-4-8(9)6-5-7(2)3/h7-9H,4-6H2,1-3H3. The van der Waals surface area contributed by atoms with Crippen LogP contribution in [-0.2, 0) is 0 Å². The van der Waals surface area contributed by atoms with Crippen molar-refractivity contribution in [3.63, 3.8) is 0 Å². The maximum absolute atomic E-state index is 4.40. The van der Waals surface area contributed by atoms with E-state index in [9.17, 15) is 0 Å². The monoisotopic (exact) mass is 146 g/mol. The first-order valence-electron chi connectivity index (χ1n) is 3.84. The molecule has 0 rings (SSSR count). The third kappa shape index (κ3) is 6.23. The SMILES string of the molecule is CCC(S)CCC(C)C. The lowest BCUT2D eigenvalue weighted by Gasteiger charge is -2.08. The molecule has 0 aromatic carbocycles. The first-order chi connectivity index (χ1) is 4.16. The molecule has 0 fully saturated rings. The van der Waals surface area contributed by atoms with Crippen LogP contribution in [0.2, 0.25) is 0 Å². The fraction of sp³-hybridized carbons (Fsp3) is 1.00. The van der Waals surface area contributed by atoms with Crippen LogP contribution in [0.3, 0.4) is 0 Å². The minimum Gasteiger partial charge on any atom is -0.176 e. The summed E-state index contributed by atoms with van der Waals surface area (Å²) < 4.78 is 0. The Labute approximate surface area is 64.4 Å². The zero-order valence-electron chi connectivity index (χ0n) is 6.72. The average molecular weight is 146 g/mol. The van der Waals surface area contributed by atoms with Crippen molar-refractivity contribution in [3.8, 4) is 0 Å². The normalized spacial score (nSPS) is 14.3. The minimum absolute atomic E-state index is 0.632. The summed E-state index contributed by atoms with van der Waals surface area (Å²) in [6.07, 6.45) is 3.80. The Kier molecular flexibility index (Phi) is 5.36. The highest BCUT2D eigenvalue weighted by molar-refractivity contribution is 7.80. The highest BCUT2D eigenvalue weighted by atomic mass is 32.1. The van der Waals surface area contributed by atoms with E-state index in [0.717, 1.165) is 5.92 Å². The van der Waals surface area contributed by atoms with Gasteiger partial charge in [0, 0.05) is 5.25 Å². The minimum atomic E-state index is 0.632. The summed E-state index contributed by atoms with van der Waals surface area (Å²) >= 11 is 4.40. The van der Waals surface area contributed by atoms with Gasteiger partial charge in [-0.1, -0.05) is 20.8 Å². The molecular weight excluding hydrogens is 128 g/mol. The van der Waals surface area contributed by atoms with E-state index in [0.29, 0.717) is 5.25 Å². The molecule has 9 heavy (non-hydrogen) atoms. The van der Waals surface area contributed by atoms with Gasteiger partial charge in [0.1, 0.15) is 0 Å². The Balaban J connectivity index is 3.06. The van der Waals surface area contributed by atoms with Crippen LogP contribution in [0.15, 0.2) is 0 Å². The molecule has 0 amide bonds. The van der Waals surface area contributed by atoms with Crippen molar-refractivity contribution in [1.82, 2.24) is 0 Å². The molecule has 0 heterocycles. The van der Waals surface area contributed by atoms with Gasteiger partial charge >= 0.3 is 0 Å². The third-order valence-corrected chi connectivity index (χ3v) is 2.17. The summed E-state index contributed by atoms with van der Waals surface area (Å²) in [4.78, 5) is 0. The molecule has 0 aliphatic rings. The second-order valence-electron chi connectivity index (χ2n) is 3.03. The summed E-state index contributed by atoms with van der Waals surface area (Å²) in [5, 5.41) is 0.632. The van der Waals surface area contributed by atoms with E-state index in [-0.39, 0.29) is 0 Å². The molecule has 0 saturated carbocycles. The Bertz CT molecular complexity index is 59.6. The van der Waals surface area contributed by atoms with Gasteiger partial charge in [0.25, 0.3) is 0 Å². The maximum Gasteiger partial charge on any atom is 0.00142 e. The van der Waals surface area contributed by atoms with E-state index in [1.54, 1.807) is 0 Å². The molecule has 0 aromatic rings. The topological polar surface area (TPSA) is 0 Å². The zero-order valence-corrected chi connectivity index (χ0v) is 7.62. The van der Waals surface area contributed by atoms with E-state index >= 15 is 0 Å².